The van der Waals surface area contributed by atoms with Gasteiger partial charge in [-0.25, -0.2) is 4.98 Å². The second-order valence-electron chi connectivity index (χ2n) is 5.26. The molecule has 0 N–H and O–H groups in total. The Labute approximate surface area is 134 Å². The molecule has 116 valence electrons. The predicted octanol–water partition coefficient (Wildman–Crippen LogP) is 3.69. The third-order valence-electron chi connectivity index (χ3n) is 4.03. The quantitative estimate of drug-likeness (QED) is 0.864. The summed E-state index contributed by atoms with van der Waals surface area (Å²) in [5.41, 5.74) is 1.86. The van der Waals surface area contributed by atoms with Crippen LogP contribution in [0.4, 0.5) is 0 Å². The van der Waals surface area contributed by atoms with Gasteiger partial charge in [0.1, 0.15) is 5.56 Å². The Balaban J connectivity index is 1.92. The fraction of sp³-hybridized carbons (Fsp3) is 0.412. The van der Waals surface area contributed by atoms with Crippen molar-refractivity contribution in [3.8, 4) is 5.88 Å². The summed E-state index contributed by atoms with van der Waals surface area (Å²) in [6.07, 6.45) is 3.51. The summed E-state index contributed by atoms with van der Waals surface area (Å²) in [5, 5.41) is 2.12. The molecule has 0 aromatic carbocycles. The first kappa shape index (κ1) is 15.0. The number of ether oxygens (including phenoxy) is 1. The van der Waals surface area contributed by atoms with Crippen LogP contribution in [-0.2, 0) is 6.42 Å². The molecule has 22 heavy (non-hydrogen) atoms. The molecular formula is C17H20N2O2S. The van der Waals surface area contributed by atoms with Gasteiger partial charge in [-0.05, 0) is 48.9 Å². The van der Waals surface area contributed by atoms with E-state index in [2.05, 4.69) is 23.4 Å². The third kappa shape index (κ3) is 2.61. The lowest BCUT2D eigenvalue weighted by atomic mass is 9.97. The van der Waals surface area contributed by atoms with Gasteiger partial charge >= 0.3 is 0 Å². The Morgan fingerprint density at radius 2 is 2.32 bits per heavy atom. The normalized spacial score (nSPS) is 17.2. The van der Waals surface area contributed by atoms with E-state index < -0.39 is 0 Å². The van der Waals surface area contributed by atoms with Crippen molar-refractivity contribution in [3.05, 3.63) is 45.8 Å². The van der Waals surface area contributed by atoms with Gasteiger partial charge in [0.2, 0.25) is 5.88 Å². The van der Waals surface area contributed by atoms with Gasteiger partial charge in [0.25, 0.3) is 5.91 Å². The lowest BCUT2D eigenvalue weighted by molar-refractivity contribution is 0.0652. The van der Waals surface area contributed by atoms with E-state index in [1.165, 1.54) is 10.4 Å². The number of fused-ring (bicyclic) bond motifs is 1. The van der Waals surface area contributed by atoms with E-state index in [-0.39, 0.29) is 11.9 Å². The summed E-state index contributed by atoms with van der Waals surface area (Å²) >= 11 is 1.79. The van der Waals surface area contributed by atoms with Crippen LogP contribution in [0.1, 0.15) is 47.1 Å². The lowest BCUT2D eigenvalue weighted by Gasteiger charge is -2.35. The summed E-state index contributed by atoms with van der Waals surface area (Å²) in [7, 11) is 0. The molecule has 1 unspecified atom stereocenters. The maximum absolute atomic E-state index is 13.0. The van der Waals surface area contributed by atoms with Crippen molar-refractivity contribution in [1.82, 2.24) is 9.88 Å². The van der Waals surface area contributed by atoms with Crippen molar-refractivity contribution in [2.45, 2.75) is 32.7 Å². The number of pyridine rings is 1. The van der Waals surface area contributed by atoms with Gasteiger partial charge in [0.15, 0.2) is 0 Å². The van der Waals surface area contributed by atoms with Gasteiger partial charge in [-0.2, -0.15) is 0 Å². The van der Waals surface area contributed by atoms with Gasteiger partial charge in [-0.15, -0.1) is 11.3 Å². The monoisotopic (exact) mass is 316 g/mol. The molecule has 0 saturated carbocycles. The van der Waals surface area contributed by atoms with E-state index in [9.17, 15) is 4.79 Å². The van der Waals surface area contributed by atoms with Crippen LogP contribution in [0.2, 0.25) is 0 Å². The molecule has 1 amide bonds. The Kier molecular flexibility index (Phi) is 4.43. The second kappa shape index (κ2) is 6.48. The molecule has 5 heteroatoms. The van der Waals surface area contributed by atoms with Crippen molar-refractivity contribution >= 4 is 17.2 Å². The molecule has 1 atom stereocenters. The van der Waals surface area contributed by atoms with E-state index in [1.807, 2.05) is 11.8 Å². The molecule has 3 rings (SSSR count). The minimum Gasteiger partial charge on any atom is -0.477 e. The maximum atomic E-state index is 13.0. The molecule has 2 aromatic heterocycles. The fourth-order valence-corrected chi connectivity index (χ4v) is 3.97. The van der Waals surface area contributed by atoms with Crippen molar-refractivity contribution in [3.63, 3.8) is 0 Å². The summed E-state index contributed by atoms with van der Waals surface area (Å²) in [5.74, 6) is 0.446. The Hall–Kier alpha value is -1.88. The van der Waals surface area contributed by atoms with Crippen LogP contribution in [0.3, 0.4) is 0 Å². The Morgan fingerprint density at radius 3 is 3.09 bits per heavy atom. The maximum Gasteiger partial charge on any atom is 0.259 e. The van der Waals surface area contributed by atoms with Crippen molar-refractivity contribution < 1.29 is 9.53 Å². The Morgan fingerprint density at radius 1 is 1.45 bits per heavy atom. The predicted molar refractivity (Wildman–Crippen MR) is 87.5 cm³/mol. The number of carbonyl (C=O) groups excluding carboxylic acids is 1. The van der Waals surface area contributed by atoms with Crippen LogP contribution in [-0.4, -0.2) is 28.9 Å². The largest absolute Gasteiger partial charge is 0.477 e. The van der Waals surface area contributed by atoms with Crippen LogP contribution in [0, 0.1) is 0 Å². The number of rotatable bonds is 4. The number of nitrogens with zero attached hydrogens (tertiary/aromatic N) is 2. The first-order valence-corrected chi connectivity index (χ1v) is 8.59. The molecule has 0 fully saturated rings. The molecule has 0 aliphatic carbocycles. The highest BCUT2D eigenvalue weighted by molar-refractivity contribution is 7.10. The van der Waals surface area contributed by atoms with E-state index in [4.69, 9.17) is 4.74 Å². The van der Waals surface area contributed by atoms with Crippen LogP contribution in [0.5, 0.6) is 5.88 Å². The lowest BCUT2D eigenvalue weighted by Crippen LogP contribution is -2.39. The summed E-state index contributed by atoms with van der Waals surface area (Å²) in [4.78, 5) is 20.6. The number of hydrogen-bond donors (Lipinski definition) is 0. The minimum atomic E-state index is 0.0141. The van der Waals surface area contributed by atoms with E-state index >= 15 is 0 Å². The molecule has 2 aromatic rings. The zero-order chi connectivity index (χ0) is 15.5. The molecule has 0 radical (unpaired) electrons. The smallest absolute Gasteiger partial charge is 0.259 e. The third-order valence-corrected chi connectivity index (χ3v) is 5.02. The second-order valence-corrected chi connectivity index (χ2v) is 6.26. The topological polar surface area (TPSA) is 42.4 Å². The van der Waals surface area contributed by atoms with Crippen molar-refractivity contribution in [2.24, 2.45) is 0 Å². The zero-order valence-electron chi connectivity index (χ0n) is 12.9. The first-order chi connectivity index (χ1) is 10.8. The van der Waals surface area contributed by atoms with E-state index in [0.29, 0.717) is 18.1 Å². The van der Waals surface area contributed by atoms with Crippen LogP contribution < -0.4 is 4.74 Å². The molecule has 3 heterocycles. The standard InChI is InChI=1S/C17H20N2O2S/c1-3-14-12-8-11-22-15(12)7-10-19(14)17(20)13-6-5-9-18-16(13)21-4-2/h5-6,8-9,11,14H,3-4,7,10H2,1-2H3. The SMILES string of the molecule is CCOc1ncccc1C(=O)N1CCc2sccc2C1CC. The summed E-state index contributed by atoms with van der Waals surface area (Å²) < 4.78 is 5.52. The number of carbonyl (C=O) groups is 1. The molecule has 0 spiro atoms. The van der Waals surface area contributed by atoms with E-state index in [1.54, 1.807) is 29.7 Å². The number of hydrogen-bond acceptors (Lipinski definition) is 4. The first-order valence-electron chi connectivity index (χ1n) is 7.71. The highest BCUT2D eigenvalue weighted by atomic mass is 32.1. The average molecular weight is 316 g/mol. The van der Waals surface area contributed by atoms with Gasteiger partial charge in [-0.1, -0.05) is 6.92 Å². The highest BCUT2D eigenvalue weighted by Crippen LogP contribution is 2.36. The summed E-state index contributed by atoms with van der Waals surface area (Å²) in [6.45, 7) is 5.29. The fourth-order valence-electron chi connectivity index (χ4n) is 3.04. The van der Waals surface area contributed by atoms with Gasteiger partial charge < -0.3 is 9.64 Å². The van der Waals surface area contributed by atoms with Gasteiger partial charge in [0.05, 0.1) is 12.6 Å². The van der Waals surface area contributed by atoms with Gasteiger partial charge in [-0.3, -0.25) is 4.79 Å². The average Bonchev–Trinajstić information content (AvgIpc) is 3.02. The molecule has 0 bridgehead atoms. The number of aromatic nitrogens is 1. The van der Waals surface area contributed by atoms with Crippen LogP contribution >= 0.6 is 11.3 Å². The summed E-state index contributed by atoms with van der Waals surface area (Å²) in [6, 6.07) is 5.89. The minimum absolute atomic E-state index is 0.0141. The van der Waals surface area contributed by atoms with Crippen LogP contribution in [0.15, 0.2) is 29.8 Å². The molecular weight excluding hydrogens is 296 g/mol. The number of thiophene rings is 1. The zero-order valence-corrected chi connectivity index (χ0v) is 13.7. The van der Waals surface area contributed by atoms with Crippen molar-refractivity contribution in [2.75, 3.05) is 13.2 Å². The molecule has 4 nitrogen and oxygen atoms in total. The molecule has 1 aliphatic heterocycles. The van der Waals surface area contributed by atoms with Crippen molar-refractivity contribution in [1.29, 1.82) is 0 Å². The van der Waals surface area contributed by atoms with E-state index in [0.717, 1.165) is 19.4 Å². The Bertz CT molecular complexity index is 668. The molecule has 0 saturated heterocycles. The highest BCUT2D eigenvalue weighted by Gasteiger charge is 2.32. The van der Waals surface area contributed by atoms with Gasteiger partial charge in [0, 0.05) is 17.6 Å². The van der Waals surface area contributed by atoms with Crippen LogP contribution in [0.25, 0.3) is 0 Å². The number of amides is 1. The molecule has 1 aliphatic rings.